The lowest BCUT2D eigenvalue weighted by Gasteiger charge is -2.27. The maximum absolute atomic E-state index is 13.7. The van der Waals surface area contributed by atoms with E-state index in [2.05, 4.69) is 26.0 Å². The van der Waals surface area contributed by atoms with Crippen molar-refractivity contribution in [3.63, 3.8) is 0 Å². The van der Waals surface area contributed by atoms with Crippen LogP contribution >= 0.6 is 23.2 Å². The standard InChI is InChI=1S/C17H18Cl2FN/c1-10-4-5-12(6-11(10)2)9-17(3,21)13-7-16(20)15(19)8-14(13)18/h4-8H,9,21H2,1-3H3. The van der Waals surface area contributed by atoms with Crippen molar-refractivity contribution in [2.75, 3.05) is 0 Å². The Morgan fingerprint density at radius 2 is 1.71 bits per heavy atom. The van der Waals surface area contributed by atoms with E-state index in [0.29, 0.717) is 17.0 Å². The summed E-state index contributed by atoms with van der Waals surface area (Å²) in [4.78, 5) is 0. The largest absolute Gasteiger partial charge is 0.321 e. The number of aryl methyl sites for hydroxylation is 2. The average Bonchev–Trinajstić information content (AvgIpc) is 2.37. The Morgan fingerprint density at radius 3 is 2.33 bits per heavy atom. The molecule has 0 saturated carbocycles. The van der Waals surface area contributed by atoms with Crippen LogP contribution in [0.3, 0.4) is 0 Å². The Balaban J connectivity index is 2.37. The predicted molar refractivity (Wildman–Crippen MR) is 87.6 cm³/mol. The molecular weight excluding hydrogens is 308 g/mol. The number of halogens is 3. The Kier molecular flexibility index (Phi) is 4.62. The topological polar surface area (TPSA) is 26.0 Å². The molecule has 2 aromatic rings. The summed E-state index contributed by atoms with van der Waals surface area (Å²) in [5.41, 5.74) is 9.70. The molecule has 21 heavy (non-hydrogen) atoms. The van der Waals surface area contributed by atoms with Crippen molar-refractivity contribution in [1.82, 2.24) is 0 Å². The van der Waals surface area contributed by atoms with Gasteiger partial charge in [-0.15, -0.1) is 0 Å². The van der Waals surface area contributed by atoms with Crippen LogP contribution in [0.4, 0.5) is 4.39 Å². The van der Waals surface area contributed by atoms with Gasteiger partial charge in [0.15, 0.2) is 0 Å². The zero-order valence-corrected chi connectivity index (χ0v) is 13.8. The van der Waals surface area contributed by atoms with Crippen molar-refractivity contribution in [3.8, 4) is 0 Å². The Hall–Kier alpha value is -1.09. The molecule has 1 atom stereocenters. The highest BCUT2D eigenvalue weighted by Crippen LogP contribution is 2.33. The normalized spacial score (nSPS) is 14.0. The van der Waals surface area contributed by atoms with Crippen LogP contribution in [0.5, 0.6) is 0 Å². The van der Waals surface area contributed by atoms with Crippen molar-refractivity contribution in [2.24, 2.45) is 5.73 Å². The van der Waals surface area contributed by atoms with Gasteiger partial charge in [-0.25, -0.2) is 4.39 Å². The SMILES string of the molecule is Cc1ccc(CC(C)(N)c2cc(F)c(Cl)cc2Cl)cc1C. The van der Waals surface area contributed by atoms with Crippen molar-refractivity contribution in [1.29, 1.82) is 0 Å². The molecule has 2 aromatic carbocycles. The van der Waals surface area contributed by atoms with E-state index in [4.69, 9.17) is 28.9 Å². The van der Waals surface area contributed by atoms with Crippen LogP contribution < -0.4 is 5.73 Å². The second-order valence-corrected chi connectivity index (χ2v) is 6.57. The molecule has 0 heterocycles. The highest BCUT2D eigenvalue weighted by Gasteiger charge is 2.26. The molecule has 0 radical (unpaired) electrons. The molecule has 0 bridgehead atoms. The zero-order valence-electron chi connectivity index (χ0n) is 12.3. The Morgan fingerprint density at radius 1 is 1.05 bits per heavy atom. The number of hydrogen-bond acceptors (Lipinski definition) is 1. The second-order valence-electron chi connectivity index (χ2n) is 5.76. The molecule has 0 spiro atoms. The van der Waals surface area contributed by atoms with Gasteiger partial charge in [0.05, 0.1) is 5.02 Å². The van der Waals surface area contributed by atoms with Gasteiger partial charge in [0.2, 0.25) is 0 Å². The van der Waals surface area contributed by atoms with Gasteiger partial charge < -0.3 is 5.73 Å². The molecule has 0 aliphatic heterocycles. The number of hydrogen-bond donors (Lipinski definition) is 1. The van der Waals surface area contributed by atoms with Gasteiger partial charge in [-0.2, -0.15) is 0 Å². The first-order valence-corrected chi connectivity index (χ1v) is 7.46. The fourth-order valence-electron chi connectivity index (χ4n) is 2.39. The van der Waals surface area contributed by atoms with Crippen molar-refractivity contribution in [3.05, 3.63) is 68.4 Å². The van der Waals surface area contributed by atoms with Gasteiger partial charge >= 0.3 is 0 Å². The first-order valence-electron chi connectivity index (χ1n) is 6.71. The van der Waals surface area contributed by atoms with E-state index in [1.54, 1.807) is 0 Å². The Bertz CT molecular complexity index is 681. The number of nitrogens with two attached hydrogens (primary N) is 1. The fraction of sp³-hybridized carbons (Fsp3) is 0.294. The lowest BCUT2D eigenvalue weighted by Crippen LogP contribution is -2.36. The summed E-state index contributed by atoms with van der Waals surface area (Å²) in [5.74, 6) is -0.507. The molecule has 0 saturated heterocycles. The second kappa shape index (κ2) is 5.96. The van der Waals surface area contributed by atoms with Crippen molar-refractivity contribution in [2.45, 2.75) is 32.7 Å². The molecule has 4 heteroatoms. The first kappa shape index (κ1) is 16.3. The van der Waals surface area contributed by atoms with Gasteiger partial charge in [-0.3, -0.25) is 0 Å². The van der Waals surface area contributed by atoms with E-state index >= 15 is 0 Å². The molecular formula is C17H18Cl2FN. The molecule has 1 nitrogen and oxygen atoms in total. The smallest absolute Gasteiger partial charge is 0.142 e. The highest BCUT2D eigenvalue weighted by molar-refractivity contribution is 6.35. The minimum atomic E-state index is -0.774. The fourth-order valence-corrected chi connectivity index (χ4v) is 2.99. The number of rotatable bonds is 3. The lowest BCUT2D eigenvalue weighted by atomic mass is 9.86. The summed E-state index contributed by atoms with van der Waals surface area (Å²) in [5, 5.41) is 0.390. The summed E-state index contributed by atoms with van der Waals surface area (Å²) >= 11 is 11.9. The zero-order chi connectivity index (χ0) is 15.8. The monoisotopic (exact) mass is 325 g/mol. The van der Waals surface area contributed by atoms with Crippen molar-refractivity contribution >= 4 is 23.2 Å². The molecule has 0 amide bonds. The van der Waals surface area contributed by atoms with E-state index in [9.17, 15) is 4.39 Å². The van der Waals surface area contributed by atoms with Crippen LogP contribution in [0, 0.1) is 19.7 Å². The van der Waals surface area contributed by atoms with Crippen LogP contribution in [0.15, 0.2) is 30.3 Å². The summed E-state index contributed by atoms with van der Waals surface area (Å²) in [6.07, 6.45) is 0.564. The van der Waals surface area contributed by atoms with Gasteiger partial charge in [0.1, 0.15) is 5.82 Å². The van der Waals surface area contributed by atoms with E-state index in [1.807, 2.05) is 13.0 Å². The summed E-state index contributed by atoms with van der Waals surface area (Å²) < 4.78 is 13.7. The highest BCUT2D eigenvalue weighted by atomic mass is 35.5. The van der Waals surface area contributed by atoms with E-state index < -0.39 is 11.4 Å². The van der Waals surface area contributed by atoms with Crippen LogP contribution in [0.25, 0.3) is 0 Å². The van der Waals surface area contributed by atoms with Gasteiger partial charge in [0, 0.05) is 10.6 Å². The number of benzene rings is 2. The van der Waals surface area contributed by atoms with Gasteiger partial charge in [-0.1, -0.05) is 41.4 Å². The third-order valence-corrected chi connectivity index (χ3v) is 4.37. The summed E-state index contributed by atoms with van der Waals surface area (Å²) in [7, 11) is 0. The van der Waals surface area contributed by atoms with Gasteiger partial charge in [-0.05, 0) is 61.6 Å². The van der Waals surface area contributed by atoms with Crippen LogP contribution in [0.1, 0.15) is 29.2 Å². The molecule has 0 aliphatic rings. The van der Waals surface area contributed by atoms with E-state index in [-0.39, 0.29) is 5.02 Å². The average molecular weight is 326 g/mol. The van der Waals surface area contributed by atoms with Crippen molar-refractivity contribution < 1.29 is 4.39 Å². The lowest BCUT2D eigenvalue weighted by molar-refractivity contribution is 0.486. The molecule has 2 N–H and O–H groups in total. The van der Waals surface area contributed by atoms with E-state index in [0.717, 1.165) is 5.56 Å². The van der Waals surface area contributed by atoms with Crippen LogP contribution in [0.2, 0.25) is 10.0 Å². The van der Waals surface area contributed by atoms with Gasteiger partial charge in [0.25, 0.3) is 0 Å². The van der Waals surface area contributed by atoms with Crippen LogP contribution in [-0.2, 0) is 12.0 Å². The molecule has 112 valence electrons. The minimum absolute atomic E-state index is 0.00531. The van der Waals surface area contributed by atoms with Crippen LogP contribution in [-0.4, -0.2) is 0 Å². The molecule has 0 fully saturated rings. The molecule has 2 rings (SSSR count). The summed E-state index contributed by atoms with van der Waals surface area (Å²) in [6.45, 7) is 5.96. The summed E-state index contributed by atoms with van der Waals surface area (Å²) in [6, 6.07) is 8.92. The maximum atomic E-state index is 13.7. The maximum Gasteiger partial charge on any atom is 0.142 e. The minimum Gasteiger partial charge on any atom is -0.321 e. The molecule has 1 unspecified atom stereocenters. The quantitative estimate of drug-likeness (QED) is 0.774. The third-order valence-electron chi connectivity index (χ3n) is 3.77. The van der Waals surface area contributed by atoms with E-state index in [1.165, 1.54) is 23.3 Å². The Labute approximate surface area is 134 Å². The first-order chi connectivity index (χ1) is 9.70. The molecule has 0 aromatic heterocycles. The molecule has 0 aliphatic carbocycles. The predicted octanol–water partition coefficient (Wildman–Crippen LogP) is 5.17. The third kappa shape index (κ3) is 3.57.